The standard InChI is InChI=1S/C17H18N2O3/c1-18-15-7-5-4-6-13(15)8-9-14-10-17(21-3)19-11-16(14)22-12-20-2/h4-7,10-11,18H,12H2,1-3H3. The lowest BCUT2D eigenvalue weighted by Gasteiger charge is -2.08. The molecule has 1 aromatic carbocycles. The van der Waals surface area contributed by atoms with E-state index in [-0.39, 0.29) is 6.79 Å². The average molecular weight is 298 g/mol. The van der Waals surface area contributed by atoms with Gasteiger partial charge < -0.3 is 19.5 Å². The second-order valence-corrected chi connectivity index (χ2v) is 4.32. The van der Waals surface area contributed by atoms with Crippen LogP contribution in [-0.4, -0.2) is 33.0 Å². The molecule has 0 saturated heterocycles. The van der Waals surface area contributed by atoms with Gasteiger partial charge in [0.25, 0.3) is 0 Å². The Kier molecular flexibility index (Phi) is 5.64. The highest BCUT2D eigenvalue weighted by Gasteiger charge is 2.05. The molecule has 5 heteroatoms. The molecule has 2 aromatic rings. The number of anilines is 1. The summed E-state index contributed by atoms with van der Waals surface area (Å²) in [5, 5.41) is 3.11. The Balaban J connectivity index is 2.37. The molecular formula is C17H18N2O3. The summed E-state index contributed by atoms with van der Waals surface area (Å²) in [4.78, 5) is 4.12. The smallest absolute Gasteiger partial charge is 0.214 e. The number of benzene rings is 1. The van der Waals surface area contributed by atoms with E-state index in [1.54, 1.807) is 26.5 Å². The van der Waals surface area contributed by atoms with Gasteiger partial charge in [0.1, 0.15) is 0 Å². The fraction of sp³-hybridized carbons (Fsp3) is 0.235. The van der Waals surface area contributed by atoms with Gasteiger partial charge in [-0.2, -0.15) is 0 Å². The summed E-state index contributed by atoms with van der Waals surface area (Å²) in [5.41, 5.74) is 2.56. The van der Waals surface area contributed by atoms with Crippen LogP contribution < -0.4 is 14.8 Å². The van der Waals surface area contributed by atoms with E-state index in [1.807, 2.05) is 31.3 Å². The van der Waals surface area contributed by atoms with Crippen LogP contribution in [0, 0.1) is 11.8 Å². The number of nitrogens with one attached hydrogen (secondary N) is 1. The van der Waals surface area contributed by atoms with E-state index in [0.717, 1.165) is 11.3 Å². The third-order valence-corrected chi connectivity index (χ3v) is 2.91. The topological polar surface area (TPSA) is 52.6 Å². The third kappa shape index (κ3) is 3.90. The van der Waals surface area contributed by atoms with Gasteiger partial charge in [0.15, 0.2) is 12.5 Å². The van der Waals surface area contributed by atoms with Gasteiger partial charge in [0, 0.05) is 31.5 Å². The zero-order chi connectivity index (χ0) is 15.8. The summed E-state index contributed by atoms with van der Waals surface area (Å²) >= 11 is 0. The highest BCUT2D eigenvalue weighted by atomic mass is 16.7. The molecule has 0 unspecified atom stereocenters. The largest absolute Gasteiger partial charge is 0.481 e. The minimum Gasteiger partial charge on any atom is -0.481 e. The second-order valence-electron chi connectivity index (χ2n) is 4.32. The lowest BCUT2D eigenvalue weighted by molar-refractivity contribution is 0.0506. The monoisotopic (exact) mass is 298 g/mol. The maximum Gasteiger partial charge on any atom is 0.214 e. The molecule has 2 rings (SSSR count). The molecule has 0 saturated carbocycles. The third-order valence-electron chi connectivity index (χ3n) is 2.91. The molecular weight excluding hydrogens is 280 g/mol. The van der Waals surface area contributed by atoms with Crippen molar-refractivity contribution in [1.29, 1.82) is 0 Å². The van der Waals surface area contributed by atoms with Crippen LogP contribution in [0.15, 0.2) is 36.5 Å². The predicted molar refractivity (Wildman–Crippen MR) is 85.3 cm³/mol. The number of ether oxygens (including phenoxy) is 3. The summed E-state index contributed by atoms with van der Waals surface area (Å²) < 4.78 is 15.5. The molecule has 0 amide bonds. The maximum atomic E-state index is 5.47. The minimum atomic E-state index is 0.135. The van der Waals surface area contributed by atoms with E-state index in [2.05, 4.69) is 22.1 Å². The molecule has 0 radical (unpaired) electrons. The number of aromatic nitrogens is 1. The van der Waals surface area contributed by atoms with Gasteiger partial charge >= 0.3 is 0 Å². The molecule has 0 aliphatic carbocycles. The van der Waals surface area contributed by atoms with E-state index in [4.69, 9.17) is 14.2 Å². The van der Waals surface area contributed by atoms with Crippen LogP contribution in [0.2, 0.25) is 0 Å². The van der Waals surface area contributed by atoms with Crippen LogP contribution in [-0.2, 0) is 4.74 Å². The van der Waals surface area contributed by atoms with Crippen molar-refractivity contribution in [3.05, 3.63) is 47.7 Å². The van der Waals surface area contributed by atoms with E-state index < -0.39 is 0 Å². The van der Waals surface area contributed by atoms with Crippen molar-refractivity contribution in [3.63, 3.8) is 0 Å². The number of rotatable bonds is 5. The van der Waals surface area contributed by atoms with Crippen molar-refractivity contribution in [3.8, 4) is 23.5 Å². The Morgan fingerprint density at radius 1 is 1.14 bits per heavy atom. The van der Waals surface area contributed by atoms with Gasteiger partial charge in [0.2, 0.25) is 5.88 Å². The first-order valence-electron chi connectivity index (χ1n) is 6.73. The van der Waals surface area contributed by atoms with Gasteiger partial charge in [-0.1, -0.05) is 24.0 Å². The first-order valence-corrected chi connectivity index (χ1v) is 6.73. The molecule has 1 N–H and O–H groups in total. The van der Waals surface area contributed by atoms with E-state index in [0.29, 0.717) is 17.2 Å². The van der Waals surface area contributed by atoms with Crippen molar-refractivity contribution < 1.29 is 14.2 Å². The van der Waals surface area contributed by atoms with Crippen LogP contribution in [0.5, 0.6) is 11.6 Å². The molecule has 0 spiro atoms. The van der Waals surface area contributed by atoms with Crippen LogP contribution in [0.25, 0.3) is 0 Å². The summed E-state index contributed by atoms with van der Waals surface area (Å²) in [5.74, 6) is 7.26. The maximum absolute atomic E-state index is 5.47. The van der Waals surface area contributed by atoms with Crippen molar-refractivity contribution in [1.82, 2.24) is 4.98 Å². The van der Waals surface area contributed by atoms with Crippen LogP contribution in [0.1, 0.15) is 11.1 Å². The number of nitrogens with zero attached hydrogens (tertiary/aromatic N) is 1. The van der Waals surface area contributed by atoms with Crippen LogP contribution in [0.3, 0.4) is 0 Å². The van der Waals surface area contributed by atoms with Crippen LogP contribution in [0.4, 0.5) is 5.69 Å². The first-order chi connectivity index (χ1) is 10.8. The first kappa shape index (κ1) is 15.7. The SMILES string of the molecule is CNc1ccccc1C#Cc1cc(OC)ncc1OCOC. The molecule has 0 atom stereocenters. The lowest BCUT2D eigenvalue weighted by atomic mass is 10.1. The average Bonchev–Trinajstić information content (AvgIpc) is 2.58. The minimum absolute atomic E-state index is 0.135. The normalized spacial score (nSPS) is 9.59. The fourth-order valence-corrected chi connectivity index (χ4v) is 1.82. The molecule has 1 aromatic heterocycles. The molecule has 0 bridgehead atoms. The zero-order valence-electron chi connectivity index (χ0n) is 12.8. The molecule has 114 valence electrons. The van der Waals surface area contributed by atoms with Crippen molar-refractivity contribution in [2.75, 3.05) is 33.4 Å². The summed E-state index contributed by atoms with van der Waals surface area (Å²) in [6.45, 7) is 0.135. The van der Waals surface area contributed by atoms with E-state index in [9.17, 15) is 0 Å². The fourth-order valence-electron chi connectivity index (χ4n) is 1.82. The van der Waals surface area contributed by atoms with Gasteiger partial charge in [-0.15, -0.1) is 0 Å². The Bertz CT molecular complexity index is 690. The second kappa shape index (κ2) is 7.91. The highest BCUT2D eigenvalue weighted by molar-refractivity contribution is 5.61. The molecule has 0 aliphatic rings. The molecule has 0 fully saturated rings. The summed E-state index contributed by atoms with van der Waals surface area (Å²) in [7, 11) is 4.99. The Morgan fingerprint density at radius 3 is 2.64 bits per heavy atom. The summed E-state index contributed by atoms with van der Waals surface area (Å²) in [6, 6.07) is 9.56. The Hall–Kier alpha value is -2.71. The van der Waals surface area contributed by atoms with Crippen molar-refractivity contribution in [2.24, 2.45) is 0 Å². The van der Waals surface area contributed by atoms with Gasteiger partial charge in [-0.05, 0) is 12.1 Å². The molecule has 1 heterocycles. The number of hydrogen-bond donors (Lipinski definition) is 1. The van der Waals surface area contributed by atoms with Gasteiger partial charge in [-0.3, -0.25) is 0 Å². The summed E-state index contributed by atoms with van der Waals surface area (Å²) in [6.07, 6.45) is 1.58. The number of pyridine rings is 1. The van der Waals surface area contributed by atoms with Crippen molar-refractivity contribution >= 4 is 5.69 Å². The van der Waals surface area contributed by atoms with Crippen molar-refractivity contribution in [2.45, 2.75) is 0 Å². The number of para-hydroxylation sites is 1. The van der Waals surface area contributed by atoms with E-state index >= 15 is 0 Å². The number of hydrogen-bond acceptors (Lipinski definition) is 5. The Morgan fingerprint density at radius 2 is 1.91 bits per heavy atom. The quantitative estimate of drug-likeness (QED) is 0.679. The van der Waals surface area contributed by atoms with E-state index in [1.165, 1.54) is 0 Å². The highest BCUT2D eigenvalue weighted by Crippen LogP contribution is 2.21. The van der Waals surface area contributed by atoms with Gasteiger partial charge in [0.05, 0.1) is 18.9 Å². The molecule has 22 heavy (non-hydrogen) atoms. The predicted octanol–water partition coefficient (Wildman–Crippen LogP) is 2.51. The lowest BCUT2D eigenvalue weighted by Crippen LogP contribution is -2.01. The van der Waals surface area contributed by atoms with Crippen LogP contribution >= 0.6 is 0 Å². The molecule has 0 aliphatic heterocycles. The number of methoxy groups -OCH3 is 2. The Labute approximate surface area is 130 Å². The molecule has 5 nitrogen and oxygen atoms in total. The van der Waals surface area contributed by atoms with Gasteiger partial charge in [-0.25, -0.2) is 4.98 Å². The zero-order valence-corrected chi connectivity index (χ0v) is 12.8.